The van der Waals surface area contributed by atoms with E-state index < -0.39 is 41.6 Å². The SMILES string of the molecule is Nc1ccc(-c2cc(C(F)(F)F)cc(C(F)(F)F)c2)cc1CN1CCN(C(=O)O)C[C@H]1C(=O)O. The van der Waals surface area contributed by atoms with Gasteiger partial charge in [-0.3, -0.25) is 9.69 Å². The second-order valence-corrected chi connectivity index (χ2v) is 7.76. The molecule has 1 fully saturated rings. The van der Waals surface area contributed by atoms with E-state index in [0.717, 1.165) is 4.90 Å². The Morgan fingerprint density at radius 1 is 0.912 bits per heavy atom. The van der Waals surface area contributed by atoms with Crippen molar-refractivity contribution in [1.29, 1.82) is 0 Å². The number of hydrogen-bond acceptors (Lipinski definition) is 4. The number of nitrogens with zero attached hydrogens (tertiary/aromatic N) is 2. The van der Waals surface area contributed by atoms with E-state index in [0.29, 0.717) is 12.1 Å². The first-order valence-electron chi connectivity index (χ1n) is 9.80. The first kappa shape index (κ1) is 25.1. The van der Waals surface area contributed by atoms with Crippen LogP contribution >= 0.6 is 0 Å². The molecule has 1 amide bonds. The van der Waals surface area contributed by atoms with Gasteiger partial charge in [-0.2, -0.15) is 26.3 Å². The van der Waals surface area contributed by atoms with Crippen LogP contribution in [-0.4, -0.2) is 57.8 Å². The molecular formula is C21H19F6N3O4. The van der Waals surface area contributed by atoms with E-state index in [1.807, 2.05) is 0 Å². The molecule has 7 nitrogen and oxygen atoms in total. The van der Waals surface area contributed by atoms with Crippen molar-refractivity contribution in [1.82, 2.24) is 9.80 Å². The molecule has 2 aromatic carbocycles. The number of anilines is 1. The Morgan fingerprint density at radius 2 is 1.50 bits per heavy atom. The third-order valence-corrected chi connectivity index (χ3v) is 5.48. The van der Waals surface area contributed by atoms with Gasteiger partial charge in [0.15, 0.2) is 0 Å². The molecule has 1 saturated heterocycles. The molecule has 0 aromatic heterocycles. The van der Waals surface area contributed by atoms with Crippen LogP contribution in [0.2, 0.25) is 0 Å². The third-order valence-electron chi connectivity index (χ3n) is 5.48. The summed E-state index contributed by atoms with van der Waals surface area (Å²) in [6.45, 7) is -0.363. The molecule has 0 bridgehead atoms. The molecule has 0 spiro atoms. The number of carboxylic acids is 1. The first-order valence-corrected chi connectivity index (χ1v) is 9.80. The van der Waals surface area contributed by atoms with Crippen molar-refractivity contribution in [3.05, 3.63) is 53.1 Å². The maximum absolute atomic E-state index is 13.2. The van der Waals surface area contributed by atoms with Gasteiger partial charge in [-0.05, 0) is 47.0 Å². The van der Waals surface area contributed by atoms with Crippen molar-refractivity contribution in [2.75, 3.05) is 25.4 Å². The van der Waals surface area contributed by atoms with E-state index in [-0.39, 0.29) is 54.6 Å². The van der Waals surface area contributed by atoms with Crippen LogP contribution in [0, 0.1) is 0 Å². The van der Waals surface area contributed by atoms with Crippen molar-refractivity contribution in [3.8, 4) is 11.1 Å². The molecule has 0 unspecified atom stereocenters. The first-order chi connectivity index (χ1) is 15.7. The highest BCUT2D eigenvalue weighted by molar-refractivity contribution is 5.76. The Kier molecular flexibility index (Phi) is 6.69. The number of carboxylic acid groups (broad SMARTS) is 2. The predicted octanol–water partition coefficient (Wildman–Crippen LogP) is 4.22. The van der Waals surface area contributed by atoms with E-state index in [9.17, 15) is 41.0 Å². The van der Waals surface area contributed by atoms with Gasteiger partial charge in [-0.25, -0.2) is 4.79 Å². The van der Waals surface area contributed by atoms with Crippen molar-refractivity contribution in [2.24, 2.45) is 0 Å². The lowest BCUT2D eigenvalue weighted by atomic mass is 9.96. The highest BCUT2D eigenvalue weighted by atomic mass is 19.4. The number of nitrogens with two attached hydrogens (primary N) is 1. The Bertz CT molecular complexity index is 1070. The molecule has 1 heterocycles. The van der Waals surface area contributed by atoms with Crippen LogP contribution in [0.25, 0.3) is 11.1 Å². The molecule has 3 rings (SSSR count). The Morgan fingerprint density at radius 3 is 2.00 bits per heavy atom. The third kappa shape index (κ3) is 5.53. The smallest absolute Gasteiger partial charge is 0.416 e. The molecule has 34 heavy (non-hydrogen) atoms. The summed E-state index contributed by atoms with van der Waals surface area (Å²) in [7, 11) is 0. The Labute approximate surface area is 189 Å². The zero-order valence-corrected chi connectivity index (χ0v) is 17.3. The van der Waals surface area contributed by atoms with Crippen LogP contribution in [0.15, 0.2) is 36.4 Å². The molecule has 13 heteroatoms. The van der Waals surface area contributed by atoms with Gasteiger partial charge in [0.1, 0.15) is 6.04 Å². The van der Waals surface area contributed by atoms with Crippen LogP contribution in [0.4, 0.5) is 36.8 Å². The van der Waals surface area contributed by atoms with Gasteiger partial charge in [-0.1, -0.05) is 6.07 Å². The minimum atomic E-state index is -5.01. The molecule has 2 aromatic rings. The van der Waals surface area contributed by atoms with Crippen LogP contribution < -0.4 is 5.73 Å². The molecule has 0 saturated carbocycles. The van der Waals surface area contributed by atoms with E-state index >= 15 is 0 Å². The molecule has 1 aliphatic heterocycles. The van der Waals surface area contributed by atoms with Crippen molar-refractivity contribution < 1.29 is 46.1 Å². The van der Waals surface area contributed by atoms with Gasteiger partial charge in [0.2, 0.25) is 0 Å². The molecule has 4 N–H and O–H groups in total. The number of rotatable bonds is 4. The number of nitrogen functional groups attached to an aromatic ring is 1. The summed E-state index contributed by atoms with van der Waals surface area (Å²) in [6.07, 6.45) is -11.3. The molecule has 0 radical (unpaired) electrons. The van der Waals surface area contributed by atoms with Gasteiger partial charge in [0, 0.05) is 25.3 Å². The number of aliphatic carboxylic acids is 1. The number of carbonyl (C=O) groups is 2. The van der Waals surface area contributed by atoms with E-state index in [1.54, 1.807) is 0 Å². The summed E-state index contributed by atoms with van der Waals surface area (Å²) in [5, 5.41) is 18.6. The lowest BCUT2D eigenvalue weighted by molar-refractivity contribution is -0.146. The van der Waals surface area contributed by atoms with Gasteiger partial charge in [0.25, 0.3) is 0 Å². The van der Waals surface area contributed by atoms with Gasteiger partial charge in [-0.15, -0.1) is 0 Å². The average molecular weight is 491 g/mol. The van der Waals surface area contributed by atoms with E-state index in [2.05, 4.69) is 0 Å². The summed E-state index contributed by atoms with van der Waals surface area (Å²) < 4.78 is 79.3. The summed E-state index contributed by atoms with van der Waals surface area (Å²) in [5.41, 5.74) is 3.12. The number of halogens is 6. The van der Waals surface area contributed by atoms with Crippen molar-refractivity contribution in [3.63, 3.8) is 0 Å². The Balaban J connectivity index is 1.98. The standard InChI is InChI=1S/C21H19F6N3O4/c22-20(23,24)14-6-12(7-15(8-14)21(25,26)27)11-1-2-16(28)13(5-11)9-29-3-4-30(19(33)34)10-17(29)18(31)32/h1-2,5-8,17H,3-4,9-10,28H2,(H,31,32)(H,33,34)/t17-/m0/s1. The number of amides is 1. The molecule has 1 atom stereocenters. The number of alkyl halides is 6. The molecule has 184 valence electrons. The van der Waals surface area contributed by atoms with E-state index in [4.69, 9.17) is 10.8 Å². The van der Waals surface area contributed by atoms with Crippen LogP contribution in [-0.2, 0) is 23.7 Å². The van der Waals surface area contributed by atoms with Gasteiger partial charge < -0.3 is 20.8 Å². The summed E-state index contributed by atoms with van der Waals surface area (Å²) in [4.78, 5) is 25.2. The Hall–Kier alpha value is -3.48. The maximum atomic E-state index is 13.2. The van der Waals surface area contributed by atoms with Gasteiger partial charge >= 0.3 is 24.4 Å². The minimum Gasteiger partial charge on any atom is -0.480 e. The second kappa shape index (κ2) is 9.05. The van der Waals surface area contributed by atoms with Crippen LogP contribution in [0.1, 0.15) is 16.7 Å². The quantitative estimate of drug-likeness (QED) is 0.437. The van der Waals surface area contributed by atoms with Crippen LogP contribution in [0.3, 0.4) is 0 Å². The summed E-state index contributed by atoms with van der Waals surface area (Å²) in [6, 6.07) is 3.88. The second-order valence-electron chi connectivity index (χ2n) is 7.76. The van der Waals surface area contributed by atoms with Gasteiger partial charge in [0.05, 0.1) is 17.7 Å². The predicted molar refractivity (Wildman–Crippen MR) is 108 cm³/mol. The maximum Gasteiger partial charge on any atom is 0.416 e. The zero-order chi connectivity index (χ0) is 25.4. The fourth-order valence-corrected chi connectivity index (χ4v) is 3.68. The molecule has 1 aliphatic rings. The van der Waals surface area contributed by atoms with Crippen LogP contribution in [0.5, 0.6) is 0 Å². The largest absolute Gasteiger partial charge is 0.480 e. The zero-order valence-electron chi connectivity index (χ0n) is 17.3. The minimum absolute atomic E-state index is 0.0152. The lowest BCUT2D eigenvalue weighted by Gasteiger charge is -2.38. The highest BCUT2D eigenvalue weighted by Gasteiger charge is 2.37. The topological polar surface area (TPSA) is 107 Å². The lowest BCUT2D eigenvalue weighted by Crippen LogP contribution is -2.57. The fourth-order valence-electron chi connectivity index (χ4n) is 3.68. The van der Waals surface area contributed by atoms with E-state index in [1.165, 1.54) is 23.1 Å². The highest BCUT2D eigenvalue weighted by Crippen LogP contribution is 2.39. The number of benzene rings is 2. The molecular weight excluding hydrogens is 472 g/mol. The fraction of sp³-hybridized carbons (Fsp3) is 0.333. The summed E-state index contributed by atoms with van der Waals surface area (Å²) >= 11 is 0. The molecule has 0 aliphatic carbocycles. The number of hydrogen-bond donors (Lipinski definition) is 3. The number of piperazine rings is 1. The normalized spacial score (nSPS) is 17.6. The van der Waals surface area contributed by atoms with Crippen molar-refractivity contribution >= 4 is 17.7 Å². The van der Waals surface area contributed by atoms with Crippen molar-refractivity contribution in [2.45, 2.75) is 24.9 Å². The summed E-state index contributed by atoms with van der Waals surface area (Å²) in [5.74, 6) is -1.28. The average Bonchev–Trinajstić information content (AvgIpc) is 2.73. The monoisotopic (exact) mass is 491 g/mol.